The highest BCUT2D eigenvalue weighted by Crippen LogP contribution is 2.26. The summed E-state index contributed by atoms with van der Waals surface area (Å²) in [5.41, 5.74) is 0. The molecule has 0 spiro atoms. The van der Waals surface area contributed by atoms with Crippen LogP contribution in [0.2, 0.25) is 0 Å². The lowest BCUT2D eigenvalue weighted by atomic mass is 10.3. The van der Waals surface area contributed by atoms with Crippen LogP contribution >= 0.6 is 0 Å². The second-order valence-corrected chi connectivity index (χ2v) is 3.57. The molecule has 0 atom stereocenters. The van der Waals surface area contributed by atoms with Crippen LogP contribution < -0.4 is 9.47 Å². The normalized spacial score (nSPS) is 10.1. The first-order valence-corrected chi connectivity index (χ1v) is 5.84. The zero-order chi connectivity index (χ0) is 11.6. The first-order chi connectivity index (χ1) is 7.88. The van der Waals surface area contributed by atoms with Crippen LogP contribution in [-0.4, -0.2) is 24.9 Å². The molecule has 3 heteroatoms. The van der Waals surface area contributed by atoms with Crippen LogP contribution in [0.1, 0.15) is 26.2 Å². The van der Waals surface area contributed by atoms with E-state index in [-0.39, 0.29) is 6.61 Å². The van der Waals surface area contributed by atoms with Crippen LogP contribution in [0.15, 0.2) is 24.3 Å². The Balaban J connectivity index is 2.43. The summed E-state index contributed by atoms with van der Waals surface area (Å²) in [5.74, 6) is 1.59. The van der Waals surface area contributed by atoms with Crippen molar-refractivity contribution in [2.45, 2.75) is 26.2 Å². The van der Waals surface area contributed by atoms with Gasteiger partial charge in [-0.15, -0.1) is 0 Å². The van der Waals surface area contributed by atoms with Gasteiger partial charge in [0.1, 0.15) is 0 Å². The number of benzene rings is 1. The van der Waals surface area contributed by atoms with Gasteiger partial charge in [0.25, 0.3) is 0 Å². The van der Waals surface area contributed by atoms with Crippen LogP contribution in [0.5, 0.6) is 11.5 Å². The number of hydrogen-bond acceptors (Lipinski definition) is 3. The molecular formula is C13H20O3. The van der Waals surface area contributed by atoms with Gasteiger partial charge in [0.05, 0.1) is 13.2 Å². The van der Waals surface area contributed by atoms with Crippen molar-refractivity contribution < 1.29 is 14.6 Å². The van der Waals surface area contributed by atoms with Crippen molar-refractivity contribution in [3.8, 4) is 11.5 Å². The third kappa shape index (κ3) is 4.53. The molecule has 0 radical (unpaired) electrons. The lowest BCUT2D eigenvalue weighted by Crippen LogP contribution is -2.02. The van der Waals surface area contributed by atoms with Gasteiger partial charge in [-0.3, -0.25) is 0 Å². The fourth-order valence-corrected chi connectivity index (χ4v) is 1.30. The number of aliphatic hydroxyl groups is 1. The summed E-state index contributed by atoms with van der Waals surface area (Å²) in [6, 6.07) is 7.69. The second-order valence-electron chi connectivity index (χ2n) is 3.57. The van der Waals surface area contributed by atoms with E-state index >= 15 is 0 Å². The number of ether oxygens (including phenoxy) is 2. The fourth-order valence-electron chi connectivity index (χ4n) is 1.30. The van der Waals surface area contributed by atoms with E-state index in [0.29, 0.717) is 13.2 Å². The van der Waals surface area contributed by atoms with Crippen molar-refractivity contribution in [1.29, 1.82) is 0 Å². The van der Waals surface area contributed by atoms with Crippen molar-refractivity contribution in [2.24, 2.45) is 0 Å². The molecule has 0 saturated heterocycles. The molecular weight excluding hydrogens is 204 g/mol. The Morgan fingerprint density at radius 2 is 1.62 bits per heavy atom. The lowest BCUT2D eigenvalue weighted by Gasteiger charge is -2.11. The van der Waals surface area contributed by atoms with Crippen LogP contribution in [0.4, 0.5) is 0 Å². The van der Waals surface area contributed by atoms with E-state index in [9.17, 15) is 0 Å². The highest BCUT2D eigenvalue weighted by Gasteiger charge is 2.02. The molecule has 90 valence electrons. The molecule has 0 aliphatic heterocycles. The monoisotopic (exact) mass is 224 g/mol. The van der Waals surface area contributed by atoms with E-state index in [1.165, 1.54) is 0 Å². The SMILES string of the molecule is CCCOc1ccccc1OCCCCO. The van der Waals surface area contributed by atoms with Crippen LogP contribution in [0.25, 0.3) is 0 Å². The van der Waals surface area contributed by atoms with E-state index in [4.69, 9.17) is 14.6 Å². The first-order valence-electron chi connectivity index (χ1n) is 5.84. The fraction of sp³-hybridized carbons (Fsp3) is 0.538. The quantitative estimate of drug-likeness (QED) is 0.690. The topological polar surface area (TPSA) is 38.7 Å². The Hall–Kier alpha value is -1.22. The smallest absolute Gasteiger partial charge is 0.161 e. The van der Waals surface area contributed by atoms with Crippen molar-refractivity contribution in [1.82, 2.24) is 0 Å². The Bertz CT molecular complexity index is 286. The molecule has 0 fully saturated rings. The Morgan fingerprint density at radius 1 is 1.00 bits per heavy atom. The van der Waals surface area contributed by atoms with Gasteiger partial charge in [-0.1, -0.05) is 19.1 Å². The second kappa shape index (κ2) is 7.99. The Morgan fingerprint density at radius 3 is 2.19 bits per heavy atom. The van der Waals surface area contributed by atoms with Gasteiger partial charge < -0.3 is 14.6 Å². The van der Waals surface area contributed by atoms with Crippen LogP contribution in [0, 0.1) is 0 Å². The number of aliphatic hydroxyl groups excluding tert-OH is 1. The third-order valence-corrected chi connectivity index (χ3v) is 2.12. The van der Waals surface area contributed by atoms with Gasteiger partial charge >= 0.3 is 0 Å². The number of hydrogen-bond donors (Lipinski definition) is 1. The van der Waals surface area contributed by atoms with Crippen LogP contribution in [0.3, 0.4) is 0 Å². The number of para-hydroxylation sites is 2. The van der Waals surface area contributed by atoms with Crippen molar-refractivity contribution in [3.63, 3.8) is 0 Å². The molecule has 1 rings (SSSR count). The minimum absolute atomic E-state index is 0.220. The number of unbranched alkanes of at least 4 members (excludes halogenated alkanes) is 1. The van der Waals surface area contributed by atoms with Gasteiger partial charge in [0.2, 0.25) is 0 Å². The molecule has 0 aliphatic rings. The molecule has 1 aromatic rings. The summed E-state index contributed by atoms with van der Waals surface area (Å²) >= 11 is 0. The molecule has 0 unspecified atom stereocenters. The molecule has 0 saturated carbocycles. The molecule has 3 nitrogen and oxygen atoms in total. The van der Waals surface area contributed by atoms with E-state index in [2.05, 4.69) is 6.92 Å². The average Bonchev–Trinajstić information content (AvgIpc) is 2.33. The molecule has 0 aliphatic carbocycles. The summed E-state index contributed by atoms with van der Waals surface area (Å²) in [4.78, 5) is 0. The zero-order valence-corrected chi connectivity index (χ0v) is 9.82. The summed E-state index contributed by atoms with van der Waals surface area (Å²) in [6.45, 7) is 3.62. The van der Waals surface area contributed by atoms with Gasteiger partial charge in [-0.2, -0.15) is 0 Å². The zero-order valence-electron chi connectivity index (χ0n) is 9.82. The van der Waals surface area contributed by atoms with E-state index in [1.54, 1.807) is 0 Å². The molecule has 16 heavy (non-hydrogen) atoms. The predicted octanol–water partition coefficient (Wildman–Crippen LogP) is 2.63. The minimum Gasteiger partial charge on any atom is -0.490 e. The Labute approximate surface area is 97.0 Å². The minimum atomic E-state index is 0.220. The summed E-state index contributed by atoms with van der Waals surface area (Å²) in [6.07, 6.45) is 2.62. The molecule has 0 heterocycles. The van der Waals surface area contributed by atoms with Gasteiger partial charge in [-0.05, 0) is 31.4 Å². The molecule has 1 aromatic carbocycles. The highest BCUT2D eigenvalue weighted by atomic mass is 16.5. The van der Waals surface area contributed by atoms with Crippen molar-refractivity contribution in [2.75, 3.05) is 19.8 Å². The third-order valence-electron chi connectivity index (χ3n) is 2.12. The maximum atomic E-state index is 8.65. The van der Waals surface area contributed by atoms with E-state index in [1.807, 2.05) is 24.3 Å². The summed E-state index contributed by atoms with van der Waals surface area (Å²) in [5, 5.41) is 8.65. The molecule has 0 aromatic heterocycles. The van der Waals surface area contributed by atoms with Gasteiger partial charge in [0.15, 0.2) is 11.5 Å². The highest BCUT2D eigenvalue weighted by molar-refractivity contribution is 5.39. The average molecular weight is 224 g/mol. The van der Waals surface area contributed by atoms with Crippen molar-refractivity contribution in [3.05, 3.63) is 24.3 Å². The number of rotatable bonds is 8. The van der Waals surface area contributed by atoms with Crippen molar-refractivity contribution >= 4 is 0 Å². The van der Waals surface area contributed by atoms with E-state index in [0.717, 1.165) is 30.8 Å². The maximum Gasteiger partial charge on any atom is 0.161 e. The van der Waals surface area contributed by atoms with Gasteiger partial charge in [0, 0.05) is 6.61 Å². The standard InChI is InChI=1S/C13H20O3/c1-2-10-15-12-7-3-4-8-13(12)16-11-6-5-9-14/h3-4,7-8,14H,2,5-6,9-11H2,1H3. The summed E-state index contributed by atoms with van der Waals surface area (Å²) in [7, 11) is 0. The van der Waals surface area contributed by atoms with Crippen LogP contribution in [-0.2, 0) is 0 Å². The first kappa shape index (κ1) is 12.8. The lowest BCUT2D eigenvalue weighted by molar-refractivity contribution is 0.241. The molecule has 0 amide bonds. The molecule has 0 bridgehead atoms. The summed E-state index contributed by atoms with van der Waals surface area (Å²) < 4.78 is 11.2. The predicted molar refractivity (Wildman–Crippen MR) is 64.0 cm³/mol. The largest absolute Gasteiger partial charge is 0.490 e. The maximum absolute atomic E-state index is 8.65. The van der Waals surface area contributed by atoms with Gasteiger partial charge in [-0.25, -0.2) is 0 Å². The Kier molecular flexibility index (Phi) is 6.42. The van der Waals surface area contributed by atoms with E-state index < -0.39 is 0 Å². The molecule has 1 N–H and O–H groups in total.